The highest BCUT2D eigenvalue weighted by Crippen LogP contribution is 2.29. The molecule has 2 saturated heterocycles. The molecule has 2 atom stereocenters. The maximum Gasteiger partial charge on any atom is 0.225 e. The molecule has 0 saturated carbocycles. The number of nitrogens with zero attached hydrogens (tertiary/aromatic N) is 1. The molecule has 1 amide bonds. The van der Waals surface area contributed by atoms with Crippen molar-refractivity contribution in [3.8, 4) is 0 Å². The van der Waals surface area contributed by atoms with Crippen molar-refractivity contribution in [3.05, 3.63) is 33.8 Å². The van der Waals surface area contributed by atoms with Crippen LogP contribution in [0.3, 0.4) is 0 Å². The van der Waals surface area contributed by atoms with E-state index in [0.717, 1.165) is 67.3 Å². The largest absolute Gasteiger partial charge is 0.342 e. The molecule has 1 N–H and O–H groups in total. The van der Waals surface area contributed by atoms with Gasteiger partial charge in [-0.2, -0.15) is 0 Å². The van der Waals surface area contributed by atoms with Gasteiger partial charge in [0.25, 0.3) is 0 Å². The number of likely N-dealkylation sites (tertiary alicyclic amines) is 1. The zero-order chi connectivity index (χ0) is 17.1. The van der Waals surface area contributed by atoms with Crippen molar-refractivity contribution in [1.82, 2.24) is 10.2 Å². The maximum absolute atomic E-state index is 12.7. The fraction of sp³-hybridized carbons (Fsp3) is 0.632. The second kappa shape index (κ2) is 8.07. The fourth-order valence-electron chi connectivity index (χ4n) is 3.98. The number of benzene rings is 1. The average Bonchev–Trinajstić information content (AvgIpc) is 2.58. The van der Waals surface area contributed by atoms with Crippen LogP contribution in [0.2, 0.25) is 10.0 Å². The first-order chi connectivity index (χ1) is 11.5. The lowest BCUT2D eigenvalue weighted by atomic mass is 9.88. The summed E-state index contributed by atoms with van der Waals surface area (Å²) < 4.78 is 0. The topological polar surface area (TPSA) is 32.3 Å². The fourth-order valence-corrected chi connectivity index (χ4v) is 4.37. The summed E-state index contributed by atoms with van der Waals surface area (Å²) in [5.74, 6) is 1.15. The monoisotopic (exact) mass is 368 g/mol. The third kappa shape index (κ3) is 4.44. The molecule has 2 heterocycles. The van der Waals surface area contributed by atoms with Crippen LogP contribution in [0.15, 0.2) is 18.2 Å². The van der Waals surface area contributed by atoms with Crippen LogP contribution in [-0.4, -0.2) is 36.5 Å². The Hall–Kier alpha value is -0.770. The Morgan fingerprint density at radius 2 is 2.00 bits per heavy atom. The quantitative estimate of drug-likeness (QED) is 0.868. The first-order valence-electron chi connectivity index (χ1n) is 8.99. The molecule has 0 radical (unpaired) electrons. The molecule has 3 nitrogen and oxygen atoms in total. The lowest BCUT2D eigenvalue weighted by Gasteiger charge is -2.36. The highest BCUT2D eigenvalue weighted by molar-refractivity contribution is 6.33. The molecule has 1 aromatic carbocycles. The van der Waals surface area contributed by atoms with E-state index in [1.165, 1.54) is 0 Å². The molecular weight excluding hydrogens is 343 g/mol. The number of hydrogen-bond donors (Lipinski definition) is 1. The van der Waals surface area contributed by atoms with Crippen molar-refractivity contribution in [2.24, 2.45) is 11.8 Å². The van der Waals surface area contributed by atoms with Crippen LogP contribution in [-0.2, 0) is 11.2 Å². The Labute approximate surface area is 154 Å². The van der Waals surface area contributed by atoms with Crippen molar-refractivity contribution in [3.63, 3.8) is 0 Å². The normalized spacial score (nSPS) is 25.7. The van der Waals surface area contributed by atoms with Gasteiger partial charge in [0.2, 0.25) is 5.91 Å². The average molecular weight is 369 g/mol. The maximum atomic E-state index is 12.7. The number of amides is 1. The molecule has 3 rings (SSSR count). The zero-order valence-electron chi connectivity index (χ0n) is 14.2. The summed E-state index contributed by atoms with van der Waals surface area (Å²) in [6.45, 7) is 4.88. The second-order valence-electron chi connectivity index (χ2n) is 7.28. The molecule has 2 aliphatic rings. The summed E-state index contributed by atoms with van der Waals surface area (Å²) in [5, 5.41) is 4.95. The molecule has 0 unspecified atom stereocenters. The third-order valence-electron chi connectivity index (χ3n) is 5.42. The van der Waals surface area contributed by atoms with Crippen LogP contribution in [0.5, 0.6) is 0 Å². The summed E-state index contributed by atoms with van der Waals surface area (Å²) in [6, 6.07) is 6.12. The van der Waals surface area contributed by atoms with E-state index >= 15 is 0 Å². The van der Waals surface area contributed by atoms with E-state index in [0.29, 0.717) is 17.9 Å². The van der Waals surface area contributed by atoms with Crippen molar-refractivity contribution in [2.45, 2.75) is 45.1 Å². The first kappa shape index (κ1) is 18.0. The lowest BCUT2D eigenvalue weighted by Crippen LogP contribution is -2.46. The summed E-state index contributed by atoms with van der Waals surface area (Å²) in [4.78, 5) is 14.8. The number of rotatable bonds is 3. The van der Waals surface area contributed by atoms with E-state index < -0.39 is 0 Å². The number of carbonyl (C=O) groups excluding carboxylic acids is 1. The number of piperidine rings is 2. The van der Waals surface area contributed by atoms with Gasteiger partial charge in [0.05, 0.1) is 0 Å². The SMILES string of the molecule is C[C@H]1C[C@@H](C(=O)N2CCC(Cc3cc(Cl)ccc3Cl)CC2)CCN1. The molecule has 1 aromatic rings. The molecule has 2 fully saturated rings. The standard InChI is InChI=1S/C19H26Cl2N2O/c1-13-10-15(4-7-22-13)19(24)23-8-5-14(6-9-23)11-16-12-17(20)2-3-18(16)21/h2-3,12-15,22H,4-11H2,1H3/t13-,15-/m0/s1. The summed E-state index contributed by atoms with van der Waals surface area (Å²) in [5.41, 5.74) is 1.13. The molecule has 2 aliphatic heterocycles. The number of hydrogen-bond acceptors (Lipinski definition) is 2. The minimum atomic E-state index is 0.208. The van der Waals surface area contributed by atoms with E-state index in [9.17, 15) is 4.79 Å². The summed E-state index contributed by atoms with van der Waals surface area (Å²) >= 11 is 12.4. The van der Waals surface area contributed by atoms with Crippen LogP contribution in [0.1, 0.15) is 38.2 Å². The predicted octanol–water partition coefficient (Wildman–Crippen LogP) is 4.16. The Balaban J connectivity index is 1.52. The second-order valence-corrected chi connectivity index (χ2v) is 8.13. The molecule has 5 heteroatoms. The Morgan fingerprint density at radius 1 is 1.25 bits per heavy atom. The first-order valence-corrected chi connectivity index (χ1v) is 9.74. The highest BCUT2D eigenvalue weighted by Gasteiger charge is 2.31. The summed E-state index contributed by atoms with van der Waals surface area (Å²) in [7, 11) is 0. The molecule has 24 heavy (non-hydrogen) atoms. The van der Waals surface area contributed by atoms with Gasteiger partial charge in [-0.05, 0) is 75.3 Å². The highest BCUT2D eigenvalue weighted by atomic mass is 35.5. The van der Waals surface area contributed by atoms with Crippen LogP contribution < -0.4 is 5.32 Å². The third-order valence-corrected chi connectivity index (χ3v) is 6.02. The van der Waals surface area contributed by atoms with Gasteiger partial charge in [-0.3, -0.25) is 4.79 Å². The van der Waals surface area contributed by atoms with E-state index in [4.69, 9.17) is 23.2 Å². The van der Waals surface area contributed by atoms with Crippen molar-refractivity contribution in [1.29, 1.82) is 0 Å². The Bertz CT molecular complexity index is 585. The van der Waals surface area contributed by atoms with Crippen molar-refractivity contribution in [2.75, 3.05) is 19.6 Å². The van der Waals surface area contributed by atoms with E-state index in [1.54, 1.807) is 0 Å². The van der Waals surface area contributed by atoms with Gasteiger partial charge >= 0.3 is 0 Å². The van der Waals surface area contributed by atoms with Gasteiger partial charge < -0.3 is 10.2 Å². The van der Waals surface area contributed by atoms with Gasteiger partial charge in [0.1, 0.15) is 0 Å². The van der Waals surface area contributed by atoms with Gasteiger partial charge in [0.15, 0.2) is 0 Å². The van der Waals surface area contributed by atoms with Crippen molar-refractivity contribution >= 4 is 29.1 Å². The smallest absolute Gasteiger partial charge is 0.225 e. The van der Waals surface area contributed by atoms with Crippen LogP contribution in [0, 0.1) is 11.8 Å². The Morgan fingerprint density at radius 3 is 2.71 bits per heavy atom. The lowest BCUT2D eigenvalue weighted by molar-refractivity contribution is -0.138. The molecular formula is C19H26Cl2N2O. The number of carbonyl (C=O) groups is 1. The van der Waals surface area contributed by atoms with Crippen LogP contribution in [0.4, 0.5) is 0 Å². The molecule has 0 aliphatic carbocycles. The minimum absolute atomic E-state index is 0.208. The minimum Gasteiger partial charge on any atom is -0.342 e. The van der Waals surface area contributed by atoms with E-state index in [-0.39, 0.29) is 5.92 Å². The van der Waals surface area contributed by atoms with Crippen molar-refractivity contribution < 1.29 is 4.79 Å². The van der Waals surface area contributed by atoms with Gasteiger partial charge in [-0.15, -0.1) is 0 Å². The number of halogens is 2. The van der Waals surface area contributed by atoms with Crippen LogP contribution >= 0.6 is 23.2 Å². The zero-order valence-corrected chi connectivity index (χ0v) is 15.7. The molecule has 0 spiro atoms. The van der Waals surface area contributed by atoms with Gasteiger partial charge in [-0.1, -0.05) is 23.2 Å². The van der Waals surface area contributed by atoms with Gasteiger partial charge in [-0.25, -0.2) is 0 Å². The van der Waals surface area contributed by atoms with E-state index in [1.807, 2.05) is 18.2 Å². The molecule has 0 bridgehead atoms. The Kier molecular flexibility index (Phi) is 6.07. The number of nitrogens with one attached hydrogen (secondary N) is 1. The van der Waals surface area contributed by atoms with E-state index in [2.05, 4.69) is 17.1 Å². The summed E-state index contributed by atoms with van der Waals surface area (Å²) in [6.07, 6.45) is 4.99. The van der Waals surface area contributed by atoms with Gasteiger partial charge in [0, 0.05) is 35.1 Å². The predicted molar refractivity (Wildman–Crippen MR) is 99.7 cm³/mol. The van der Waals surface area contributed by atoms with Crippen LogP contribution in [0.25, 0.3) is 0 Å². The molecule has 0 aromatic heterocycles. The molecule has 132 valence electrons.